The van der Waals surface area contributed by atoms with Crippen molar-refractivity contribution in [3.05, 3.63) is 52.1 Å². The number of aromatic hydroxyl groups is 1. The van der Waals surface area contributed by atoms with E-state index >= 15 is 0 Å². The molecule has 7 heteroatoms. The number of nitrogens with zero attached hydrogens (tertiary/aromatic N) is 2. The van der Waals surface area contributed by atoms with E-state index in [1.165, 1.54) is 25.7 Å². The quantitative estimate of drug-likeness (QED) is 0.333. The summed E-state index contributed by atoms with van der Waals surface area (Å²) in [6.45, 7) is 0.839. The second kappa shape index (κ2) is 9.96. The molecule has 0 saturated heterocycles. The number of carbonyl (C=O) groups excluding carboxylic acids is 1. The summed E-state index contributed by atoms with van der Waals surface area (Å²) in [6, 6.07) is 10.0. The van der Waals surface area contributed by atoms with Crippen LogP contribution in [0.2, 0.25) is 10.0 Å². The molecular weight excluding hydrogens is 481 g/mol. The third-order valence-corrected chi connectivity index (χ3v) is 8.12. The minimum Gasteiger partial charge on any atom is -0.505 e. The first-order chi connectivity index (χ1) is 16.8. The van der Waals surface area contributed by atoms with E-state index < -0.39 is 0 Å². The number of benzene rings is 2. The van der Waals surface area contributed by atoms with E-state index in [4.69, 9.17) is 23.2 Å². The van der Waals surface area contributed by atoms with Gasteiger partial charge in [-0.1, -0.05) is 29.3 Å². The first-order valence-electron chi connectivity index (χ1n) is 12.4. The Bertz CT molecular complexity index is 1240. The van der Waals surface area contributed by atoms with Crippen molar-refractivity contribution < 1.29 is 9.90 Å². The molecule has 2 aliphatic carbocycles. The minimum atomic E-state index is -0.122. The number of phenols is 1. The molecule has 2 N–H and O–H groups in total. The highest BCUT2D eigenvalue weighted by Crippen LogP contribution is 2.40. The Hall–Kier alpha value is -2.34. The Kier molecular flexibility index (Phi) is 6.93. The fourth-order valence-corrected chi connectivity index (χ4v) is 5.65. The van der Waals surface area contributed by atoms with Crippen LogP contribution in [0.15, 0.2) is 36.5 Å². The Balaban J connectivity index is 1.50. The predicted octanol–water partition coefficient (Wildman–Crippen LogP) is 7.04. The van der Waals surface area contributed by atoms with Gasteiger partial charge in [-0.25, -0.2) is 0 Å². The highest BCUT2D eigenvalue weighted by Gasteiger charge is 2.33. The van der Waals surface area contributed by atoms with Crippen LogP contribution in [0.3, 0.4) is 0 Å². The van der Waals surface area contributed by atoms with Crippen LogP contribution in [0, 0.1) is 11.8 Å². The van der Waals surface area contributed by atoms with Gasteiger partial charge in [-0.3, -0.25) is 9.78 Å². The van der Waals surface area contributed by atoms with Gasteiger partial charge in [-0.05, 0) is 93.9 Å². The molecule has 2 aliphatic rings. The summed E-state index contributed by atoms with van der Waals surface area (Å²) in [5.74, 6) is 0.752. The third kappa shape index (κ3) is 5.13. The molecular formula is C28H31Cl2N3O2. The summed E-state index contributed by atoms with van der Waals surface area (Å²) < 4.78 is 0. The standard InChI is InChI=1S/C28H31Cl2N3O2/c1-33(2)20-8-3-16(4-9-20)14-32-26-21-11-18(19-12-23(29)28(35)24(30)13-19)7-10-25(21)31-15-22(26)27(34)17-5-6-17/h7,10-13,15-17,20,35H,3-6,8-9,14H2,1-2H3,(H,31,32). The number of halogens is 2. The van der Waals surface area contributed by atoms with Crippen molar-refractivity contribution in [3.8, 4) is 16.9 Å². The molecule has 0 radical (unpaired) electrons. The zero-order valence-corrected chi connectivity index (χ0v) is 21.7. The van der Waals surface area contributed by atoms with Crippen LogP contribution in [0.25, 0.3) is 22.0 Å². The lowest BCUT2D eigenvalue weighted by Gasteiger charge is -2.33. The fourth-order valence-electron chi connectivity index (χ4n) is 5.16. The number of nitrogens with one attached hydrogen (secondary N) is 1. The number of hydrogen-bond acceptors (Lipinski definition) is 5. The number of fused-ring (bicyclic) bond motifs is 1. The van der Waals surface area contributed by atoms with E-state index in [1.807, 2.05) is 18.2 Å². The van der Waals surface area contributed by atoms with Gasteiger partial charge < -0.3 is 15.3 Å². The normalized spacial score (nSPS) is 20.4. The zero-order valence-electron chi connectivity index (χ0n) is 20.2. The Morgan fingerprint density at radius 1 is 1.03 bits per heavy atom. The van der Waals surface area contributed by atoms with Gasteiger partial charge in [0.2, 0.25) is 0 Å². The van der Waals surface area contributed by atoms with Crippen LogP contribution in [-0.2, 0) is 0 Å². The summed E-state index contributed by atoms with van der Waals surface area (Å²) in [5, 5.41) is 15.0. The second-order valence-corrected chi connectivity index (χ2v) is 11.0. The molecule has 0 amide bonds. The lowest BCUT2D eigenvalue weighted by molar-refractivity contribution is 0.0968. The first-order valence-corrected chi connectivity index (χ1v) is 13.1. The molecule has 184 valence electrons. The van der Waals surface area contributed by atoms with Crippen LogP contribution >= 0.6 is 23.2 Å². The molecule has 0 atom stereocenters. The Labute approximate surface area is 216 Å². The number of rotatable bonds is 7. The van der Waals surface area contributed by atoms with Gasteiger partial charge in [0.25, 0.3) is 0 Å². The van der Waals surface area contributed by atoms with E-state index in [9.17, 15) is 9.90 Å². The van der Waals surface area contributed by atoms with Crippen LogP contribution in [-0.4, -0.2) is 47.5 Å². The smallest absolute Gasteiger partial charge is 0.169 e. The molecule has 0 spiro atoms. The average Bonchev–Trinajstić information content (AvgIpc) is 3.70. The SMILES string of the molecule is CN(C)C1CCC(CNc2c(C(=O)C3CC3)cnc3ccc(-c4cc(Cl)c(O)c(Cl)c4)cc23)CC1. The predicted molar refractivity (Wildman–Crippen MR) is 144 cm³/mol. The zero-order chi connectivity index (χ0) is 24.7. The number of pyridine rings is 1. The van der Waals surface area contributed by atoms with Crippen molar-refractivity contribution in [1.82, 2.24) is 9.88 Å². The molecule has 2 aromatic carbocycles. The van der Waals surface area contributed by atoms with E-state index in [0.717, 1.165) is 47.1 Å². The molecule has 2 saturated carbocycles. The van der Waals surface area contributed by atoms with Crippen molar-refractivity contribution in [3.63, 3.8) is 0 Å². The van der Waals surface area contributed by atoms with Crippen LogP contribution in [0.5, 0.6) is 5.75 Å². The molecule has 0 aliphatic heterocycles. The monoisotopic (exact) mass is 511 g/mol. The molecule has 0 unspecified atom stereocenters. The second-order valence-electron chi connectivity index (χ2n) is 10.2. The van der Waals surface area contributed by atoms with Gasteiger partial charge in [0.05, 0.1) is 26.8 Å². The maximum atomic E-state index is 13.2. The fraction of sp³-hybridized carbons (Fsp3) is 0.429. The highest BCUT2D eigenvalue weighted by molar-refractivity contribution is 6.37. The van der Waals surface area contributed by atoms with E-state index in [1.54, 1.807) is 18.3 Å². The average molecular weight is 512 g/mol. The van der Waals surface area contributed by atoms with E-state index in [0.29, 0.717) is 17.5 Å². The number of aromatic nitrogens is 1. The number of ketones is 1. The van der Waals surface area contributed by atoms with Gasteiger partial charge in [0, 0.05) is 30.1 Å². The topological polar surface area (TPSA) is 65.5 Å². The molecule has 0 bridgehead atoms. The molecule has 5 rings (SSSR count). The number of phenolic OH excluding ortho intramolecular Hbond substituents is 1. The molecule has 1 aromatic heterocycles. The van der Waals surface area contributed by atoms with E-state index in [2.05, 4.69) is 29.3 Å². The Morgan fingerprint density at radius 3 is 2.34 bits per heavy atom. The lowest BCUT2D eigenvalue weighted by Crippen LogP contribution is -2.33. The van der Waals surface area contributed by atoms with Crippen LogP contribution in [0.4, 0.5) is 5.69 Å². The van der Waals surface area contributed by atoms with Gasteiger partial charge in [0.1, 0.15) is 0 Å². The van der Waals surface area contributed by atoms with E-state index in [-0.39, 0.29) is 27.5 Å². The van der Waals surface area contributed by atoms with Gasteiger partial charge >= 0.3 is 0 Å². The summed E-state index contributed by atoms with van der Waals surface area (Å²) >= 11 is 12.4. The number of carbonyl (C=O) groups is 1. The maximum Gasteiger partial charge on any atom is 0.169 e. The van der Waals surface area contributed by atoms with Crippen molar-refractivity contribution in [2.75, 3.05) is 26.0 Å². The van der Waals surface area contributed by atoms with Crippen molar-refractivity contribution in [1.29, 1.82) is 0 Å². The molecule has 2 fully saturated rings. The summed E-state index contributed by atoms with van der Waals surface area (Å²) in [7, 11) is 4.32. The number of anilines is 1. The summed E-state index contributed by atoms with van der Waals surface area (Å²) in [5.41, 5.74) is 4.08. The minimum absolute atomic E-state index is 0.114. The number of hydrogen-bond donors (Lipinski definition) is 2. The summed E-state index contributed by atoms with van der Waals surface area (Å²) in [4.78, 5) is 20.1. The van der Waals surface area contributed by atoms with Crippen LogP contribution < -0.4 is 5.32 Å². The third-order valence-electron chi connectivity index (χ3n) is 7.55. The maximum absolute atomic E-state index is 13.2. The van der Waals surface area contributed by atoms with Gasteiger partial charge in [-0.2, -0.15) is 0 Å². The molecule has 5 nitrogen and oxygen atoms in total. The van der Waals surface area contributed by atoms with Crippen molar-refractivity contribution in [2.45, 2.75) is 44.6 Å². The van der Waals surface area contributed by atoms with Gasteiger partial charge in [-0.15, -0.1) is 0 Å². The van der Waals surface area contributed by atoms with Crippen molar-refractivity contribution in [2.24, 2.45) is 11.8 Å². The molecule has 3 aromatic rings. The van der Waals surface area contributed by atoms with Crippen molar-refractivity contribution >= 4 is 45.6 Å². The largest absolute Gasteiger partial charge is 0.505 e. The molecule has 35 heavy (non-hydrogen) atoms. The van der Waals surface area contributed by atoms with Crippen LogP contribution in [0.1, 0.15) is 48.9 Å². The Morgan fingerprint density at radius 2 is 1.71 bits per heavy atom. The first kappa shape index (κ1) is 24.4. The van der Waals surface area contributed by atoms with Gasteiger partial charge in [0.15, 0.2) is 11.5 Å². The highest BCUT2D eigenvalue weighted by atomic mass is 35.5. The summed E-state index contributed by atoms with van der Waals surface area (Å²) in [6.07, 6.45) is 8.42. The number of Topliss-reactive ketones (excluding diaryl/α,β-unsaturated/α-hetero) is 1. The molecule has 1 heterocycles. The lowest BCUT2D eigenvalue weighted by atomic mass is 9.85.